The Kier molecular flexibility index (Phi) is 9.20. The van der Waals surface area contributed by atoms with Crippen LogP contribution in [0.15, 0.2) is 6.07 Å². The first kappa shape index (κ1) is 36.4. The van der Waals surface area contributed by atoms with E-state index in [2.05, 4.69) is 6.92 Å². The summed E-state index contributed by atoms with van der Waals surface area (Å²) in [7, 11) is 0. The minimum atomic E-state index is -1.76. The number of phenols is 1. The molecule has 1 aliphatic heterocycles. The molecule has 6 unspecified atom stereocenters. The van der Waals surface area contributed by atoms with Crippen LogP contribution in [0.4, 0.5) is 0 Å². The number of hydrogen-bond acceptors (Lipinski definition) is 12. The minimum absolute atomic E-state index is 0.00878. The zero-order chi connectivity index (χ0) is 35.2. The van der Waals surface area contributed by atoms with Crippen LogP contribution in [-0.2, 0) is 21.4 Å². The fourth-order valence-electron chi connectivity index (χ4n) is 10.0. The fourth-order valence-corrected chi connectivity index (χ4v) is 10.0. The number of benzene rings is 1. The third kappa shape index (κ3) is 5.43. The van der Waals surface area contributed by atoms with Gasteiger partial charge in [-0.1, -0.05) is 13.8 Å². The summed E-state index contributed by atoms with van der Waals surface area (Å²) in [4.78, 5) is 14.6. The number of hydrogen-bond donors (Lipinski definition) is 9. The lowest BCUT2D eigenvalue weighted by Gasteiger charge is -2.62. The van der Waals surface area contributed by atoms with Crippen molar-refractivity contribution in [3.8, 4) is 11.5 Å². The van der Waals surface area contributed by atoms with Crippen molar-refractivity contribution in [3.05, 3.63) is 22.8 Å². The molecular weight excluding hydrogens is 612 g/mol. The molecule has 1 saturated heterocycles. The lowest BCUT2D eigenvalue weighted by Crippen LogP contribution is -2.64. The highest BCUT2D eigenvalue weighted by molar-refractivity contribution is 5.93. The highest BCUT2D eigenvalue weighted by Crippen LogP contribution is 2.72. The van der Waals surface area contributed by atoms with E-state index in [-0.39, 0.29) is 48.9 Å². The molecule has 266 valence electrons. The molecule has 12 nitrogen and oxygen atoms in total. The lowest BCUT2D eigenvalue weighted by atomic mass is 9.41. The minimum Gasteiger partial charge on any atom is -0.504 e. The Bertz CT molecular complexity index is 1370. The van der Waals surface area contributed by atoms with Crippen LogP contribution in [0.25, 0.3) is 0 Å². The summed E-state index contributed by atoms with van der Waals surface area (Å²) >= 11 is 0. The molecule has 0 aromatic heterocycles. The van der Waals surface area contributed by atoms with Crippen molar-refractivity contribution in [2.75, 3.05) is 6.61 Å². The number of carbonyl (C=O) groups is 1. The van der Waals surface area contributed by atoms with E-state index in [0.717, 1.165) is 5.56 Å². The maximum absolute atomic E-state index is 14.6. The van der Waals surface area contributed by atoms with Crippen LogP contribution >= 0.6 is 0 Å². The average molecular weight is 667 g/mol. The van der Waals surface area contributed by atoms with E-state index < -0.39 is 82.9 Å². The Morgan fingerprint density at radius 2 is 1.68 bits per heavy atom. The maximum atomic E-state index is 14.6. The lowest BCUT2D eigenvalue weighted by molar-refractivity contribution is -0.277. The zero-order valence-corrected chi connectivity index (χ0v) is 28.5. The van der Waals surface area contributed by atoms with Gasteiger partial charge in [0.2, 0.25) is 6.29 Å². The summed E-state index contributed by atoms with van der Waals surface area (Å²) in [5.41, 5.74) is -3.57. The summed E-state index contributed by atoms with van der Waals surface area (Å²) in [6, 6.07) is 1.56. The summed E-state index contributed by atoms with van der Waals surface area (Å²) in [6.07, 6.45) is -8.28. The molecule has 3 fully saturated rings. The molecule has 0 bridgehead atoms. The molecular formula is C35H54O12. The third-order valence-corrected chi connectivity index (χ3v) is 12.9. The number of rotatable bonds is 8. The predicted octanol–water partition coefficient (Wildman–Crippen LogP) is 0.729. The van der Waals surface area contributed by atoms with E-state index in [9.17, 15) is 50.8 Å². The van der Waals surface area contributed by atoms with Gasteiger partial charge < -0.3 is 55.4 Å². The van der Waals surface area contributed by atoms with Gasteiger partial charge in [0, 0.05) is 12.3 Å². The number of aromatic hydroxyl groups is 1. The summed E-state index contributed by atoms with van der Waals surface area (Å²) in [5, 5.41) is 96.9. The van der Waals surface area contributed by atoms with Crippen molar-refractivity contribution >= 4 is 5.78 Å². The largest absolute Gasteiger partial charge is 0.504 e. The molecule has 0 radical (unpaired) electrons. The highest BCUT2D eigenvalue weighted by atomic mass is 16.7. The Labute approximate surface area is 276 Å². The van der Waals surface area contributed by atoms with Crippen molar-refractivity contribution in [2.45, 2.75) is 147 Å². The first-order valence-corrected chi connectivity index (χ1v) is 16.7. The molecule has 2 saturated carbocycles. The molecule has 9 N–H and O–H groups in total. The number of fused-ring (bicyclic) bond motifs is 5. The number of phenolic OH excluding ortho intramolecular Hbond substituents is 1. The van der Waals surface area contributed by atoms with E-state index in [1.807, 2.05) is 13.8 Å². The van der Waals surface area contributed by atoms with Crippen LogP contribution in [0.2, 0.25) is 0 Å². The number of Topliss-reactive ketones (excluding diaryl/α,β-unsaturated/α-hetero) is 1. The topological polar surface area (TPSA) is 218 Å². The predicted molar refractivity (Wildman–Crippen MR) is 169 cm³/mol. The Morgan fingerprint density at radius 1 is 1.04 bits per heavy atom. The second kappa shape index (κ2) is 11.9. The first-order chi connectivity index (χ1) is 21.6. The number of ether oxygens (including phenoxy) is 2. The van der Waals surface area contributed by atoms with E-state index in [0.29, 0.717) is 24.0 Å². The van der Waals surface area contributed by atoms with E-state index in [4.69, 9.17) is 9.47 Å². The molecule has 12 heteroatoms. The maximum Gasteiger partial charge on any atom is 0.229 e. The van der Waals surface area contributed by atoms with Gasteiger partial charge in [-0.2, -0.15) is 0 Å². The molecule has 1 heterocycles. The quantitative estimate of drug-likeness (QED) is 0.188. The van der Waals surface area contributed by atoms with Crippen molar-refractivity contribution in [1.29, 1.82) is 0 Å². The molecule has 3 aliphatic carbocycles. The standard InChI is InChI=1S/C35H54O12/c1-16-17-8-9-22-32(4)13-19(37)29(35(7,45)23(38)10-11-31(2,3)44)33(32,5)14-24(39)34(22,6)18(17)12-20(25(16)40)46-30-28(43)27(42)26(41)21(15-36)47-30/h12,19,21-23,26-30,36-38,40-45H,8-11,13-15H2,1-7H3/t19-,21?,22+,23?,26?,27?,28?,29+,30?,32+,33-,34+,35+/m1/s1. The van der Waals surface area contributed by atoms with Crippen LogP contribution in [0.3, 0.4) is 0 Å². The number of ketones is 1. The van der Waals surface area contributed by atoms with Crippen molar-refractivity contribution in [3.63, 3.8) is 0 Å². The van der Waals surface area contributed by atoms with Gasteiger partial charge in [-0.3, -0.25) is 4.79 Å². The van der Waals surface area contributed by atoms with Crippen molar-refractivity contribution < 1.29 is 60.2 Å². The van der Waals surface area contributed by atoms with Crippen molar-refractivity contribution in [2.24, 2.45) is 22.7 Å². The molecule has 0 spiro atoms. The Hall–Kier alpha value is -1.87. The monoisotopic (exact) mass is 666 g/mol. The second-order valence-electron chi connectivity index (χ2n) is 16.3. The highest BCUT2D eigenvalue weighted by Gasteiger charge is 2.73. The zero-order valence-electron chi connectivity index (χ0n) is 28.5. The summed E-state index contributed by atoms with van der Waals surface area (Å²) < 4.78 is 11.4. The molecule has 4 aliphatic rings. The van der Waals surface area contributed by atoms with Crippen LogP contribution < -0.4 is 4.74 Å². The van der Waals surface area contributed by atoms with Gasteiger partial charge in [-0.05, 0) is 106 Å². The number of aliphatic hydroxyl groups excluding tert-OH is 6. The molecule has 13 atom stereocenters. The molecule has 5 rings (SSSR count). The smallest absolute Gasteiger partial charge is 0.229 e. The van der Waals surface area contributed by atoms with Crippen LogP contribution in [0, 0.1) is 29.6 Å². The van der Waals surface area contributed by atoms with E-state index in [1.54, 1.807) is 26.8 Å². The average Bonchev–Trinajstić information content (AvgIpc) is 3.19. The van der Waals surface area contributed by atoms with Gasteiger partial charge in [-0.25, -0.2) is 0 Å². The van der Waals surface area contributed by atoms with E-state index in [1.165, 1.54) is 6.92 Å². The fraction of sp³-hybridized carbons (Fsp3) is 0.800. The molecule has 47 heavy (non-hydrogen) atoms. The van der Waals surface area contributed by atoms with Crippen LogP contribution in [0.5, 0.6) is 11.5 Å². The van der Waals surface area contributed by atoms with Gasteiger partial charge in [0.25, 0.3) is 0 Å². The van der Waals surface area contributed by atoms with Gasteiger partial charge >= 0.3 is 0 Å². The van der Waals surface area contributed by atoms with Crippen LogP contribution in [-0.4, -0.2) is 112 Å². The Balaban J connectivity index is 1.53. The normalized spacial score (nSPS) is 42.2. The van der Waals surface area contributed by atoms with Gasteiger partial charge in [-0.15, -0.1) is 0 Å². The summed E-state index contributed by atoms with van der Waals surface area (Å²) in [5.74, 6) is -1.58. The Morgan fingerprint density at radius 3 is 2.28 bits per heavy atom. The summed E-state index contributed by atoms with van der Waals surface area (Å²) in [6.45, 7) is 11.7. The first-order valence-electron chi connectivity index (χ1n) is 16.7. The second-order valence-corrected chi connectivity index (χ2v) is 16.3. The molecule has 1 aromatic rings. The van der Waals surface area contributed by atoms with Gasteiger partial charge in [0.1, 0.15) is 30.2 Å². The van der Waals surface area contributed by atoms with Gasteiger partial charge in [0.15, 0.2) is 11.5 Å². The van der Waals surface area contributed by atoms with Crippen LogP contribution in [0.1, 0.15) is 90.3 Å². The number of aliphatic hydroxyl groups is 8. The SMILES string of the molecule is Cc1c(O)c(OC2OC(CO)C(O)C(O)C2O)cc2c1CC[C@@H]1[C@@]2(C)C(=O)C[C@]2(C)[C@@H]([C@@](C)(O)C(O)CCC(C)(C)O)[C@H](O)C[C@@]12C. The van der Waals surface area contributed by atoms with E-state index >= 15 is 0 Å². The van der Waals surface area contributed by atoms with Crippen molar-refractivity contribution in [1.82, 2.24) is 0 Å². The molecule has 0 amide bonds. The molecule has 1 aromatic carbocycles. The third-order valence-electron chi connectivity index (χ3n) is 12.9. The van der Waals surface area contributed by atoms with Gasteiger partial charge in [0.05, 0.1) is 35.4 Å². The number of carbonyl (C=O) groups excluding carboxylic acids is 1.